The minimum absolute atomic E-state index is 0.127. The summed E-state index contributed by atoms with van der Waals surface area (Å²) in [5.74, 6) is 0.847. The lowest BCUT2D eigenvalue weighted by atomic mass is 9.90. The Morgan fingerprint density at radius 1 is 1.13 bits per heavy atom. The molecule has 1 unspecified atom stereocenters. The third kappa shape index (κ3) is 4.04. The first-order chi connectivity index (χ1) is 14.7. The normalized spacial score (nSPS) is 16.5. The summed E-state index contributed by atoms with van der Waals surface area (Å²) in [4.78, 5) is 17.2. The van der Waals surface area contributed by atoms with E-state index in [2.05, 4.69) is 51.0 Å². The van der Waals surface area contributed by atoms with E-state index in [1.165, 1.54) is 34.8 Å². The fourth-order valence-electron chi connectivity index (χ4n) is 4.11. The number of para-hydroxylation sites is 1. The van der Waals surface area contributed by atoms with Gasteiger partial charge in [-0.3, -0.25) is 4.90 Å². The molecule has 0 spiro atoms. The quantitative estimate of drug-likeness (QED) is 0.484. The number of aromatic amines is 1. The molecule has 0 fully saturated rings. The minimum Gasteiger partial charge on any atom is -0.497 e. The standard InChI is InChI=1S/C24H26N2O4/c1-28-18-11-9-17(10-12-18)23-22-19-7-3-4-8-20(19)25-21(22)13-15-26(23)14-5-6-16-30-24(27)29-2/h3-12,23,25H,13-16H2,1-2H3/b6-5+. The molecule has 6 heteroatoms. The number of carbonyl (C=O) groups is 1. The molecule has 0 radical (unpaired) electrons. The Bertz CT molecular complexity index is 1040. The zero-order valence-electron chi connectivity index (χ0n) is 17.3. The number of ether oxygens (including phenoxy) is 3. The lowest BCUT2D eigenvalue weighted by molar-refractivity contribution is 0.0817. The van der Waals surface area contributed by atoms with Gasteiger partial charge < -0.3 is 19.2 Å². The molecule has 6 nitrogen and oxygen atoms in total. The maximum atomic E-state index is 11.1. The van der Waals surface area contributed by atoms with Crippen LogP contribution in [0.15, 0.2) is 60.7 Å². The van der Waals surface area contributed by atoms with Crippen LogP contribution in [-0.4, -0.2) is 50.0 Å². The molecule has 1 aromatic heterocycles. The highest BCUT2D eigenvalue weighted by Gasteiger charge is 2.31. The van der Waals surface area contributed by atoms with Crippen molar-refractivity contribution in [2.45, 2.75) is 12.5 Å². The van der Waals surface area contributed by atoms with Crippen molar-refractivity contribution >= 4 is 17.1 Å². The van der Waals surface area contributed by atoms with Crippen LogP contribution >= 0.6 is 0 Å². The van der Waals surface area contributed by atoms with Crippen molar-refractivity contribution in [3.8, 4) is 5.75 Å². The van der Waals surface area contributed by atoms with E-state index in [1.807, 2.05) is 24.3 Å². The SMILES string of the molecule is COC(=O)OC/C=C/CN1CCc2[nH]c3ccccc3c2C1c1ccc(OC)cc1. The molecule has 1 N–H and O–H groups in total. The summed E-state index contributed by atoms with van der Waals surface area (Å²) in [6, 6.07) is 16.9. The molecule has 1 aliphatic heterocycles. The Kier molecular flexibility index (Phi) is 6.05. The summed E-state index contributed by atoms with van der Waals surface area (Å²) in [5.41, 5.74) is 5.03. The lowest BCUT2D eigenvalue weighted by Gasteiger charge is -2.36. The van der Waals surface area contributed by atoms with Crippen molar-refractivity contribution in [2.24, 2.45) is 0 Å². The zero-order valence-corrected chi connectivity index (χ0v) is 17.3. The van der Waals surface area contributed by atoms with E-state index in [-0.39, 0.29) is 12.6 Å². The third-order valence-electron chi connectivity index (χ3n) is 5.52. The number of nitrogens with one attached hydrogen (secondary N) is 1. The molecule has 1 aliphatic rings. The van der Waals surface area contributed by atoms with Crippen LogP contribution < -0.4 is 4.74 Å². The largest absolute Gasteiger partial charge is 0.508 e. The van der Waals surface area contributed by atoms with Gasteiger partial charge in [-0.05, 0) is 29.8 Å². The molecule has 0 saturated carbocycles. The Hall–Kier alpha value is -3.25. The van der Waals surface area contributed by atoms with Gasteiger partial charge in [-0.15, -0.1) is 0 Å². The van der Waals surface area contributed by atoms with E-state index in [9.17, 15) is 4.79 Å². The Balaban J connectivity index is 1.64. The van der Waals surface area contributed by atoms with Gasteiger partial charge in [0.05, 0.1) is 20.3 Å². The van der Waals surface area contributed by atoms with Crippen molar-refractivity contribution in [3.05, 3.63) is 77.5 Å². The molecular weight excluding hydrogens is 380 g/mol. The molecule has 156 valence electrons. The Morgan fingerprint density at radius 2 is 1.93 bits per heavy atom. The maximum Gasteiger partial charge on any atom is 0.508 e. The molecule has 2 aromatic carbocycles. The number of aromatic nitrogens is 1. The zero-order chi connectivity index (χ0) is 20.9. The van der Waals surface area contributed by atoms with E-state index in [0.717, 1.165) is 25.3 Å². The average molecular weight is 406 g/mol. The van der Waals surface area contributed by atoms with Crippen LogP contribution in [0.25, 0.3) is 10.9 Å². The van der Waals surface area contributed by atoms with Gasteiger partial charge in [0.15, 0.2) is 0 Å². The van der Waals surface area contributed by atoms with Crippen molar-refractivity contribution in [1.29, 1.82) is 0 Å². The summed E-state index contributed by atoms with van der Waals surface area (Å²) >= 11 is 0. The number of hydrogen-bond acceptors (Lipinski definition) is 5. The van der Waals surface area contributed by atoms with Crippen molar-refractivity contribution in [2.75, 3.05) is 33.9 Å². The van der Waals surface area contributed by atoms with Gasteiger partial charge in [-0.2, -0.15) is 0 Å². The summed E-state index contributed by atoms with van der Waals surface area (Å²) < 4.78 is 14.8. The van der Waals surface area contributed by atoms with Crippen LogP contribution in [-0.2, 0) is 15.9 Å². The van der Waals surface area contributed by atoms with E-state index in [1.54, 1.807) is 7.11 Å². The van der Waals surface area contributed by atoms with Crippen LogP contribution in [0, 0.1) is 0 Å². The first-order valence-corrected chi connectivity index (χ1v) is 10.0. The molecule has 0 aliphatic carbocycles. The Morgan fingerprint density at radius 3 is 2.70 bits per heavy atom. The monoisotopic (exact) mass is 406 g/mol. The smallest absolute Gasteiger partial charge is 0.497 e. The van der Waals surface area contributed by atoms with Crippen LogP contribution in [0.5, 0.6) is 5.75 Å². The second kappa shape index (κ2) is 9.05. The Labute approximate surface area is 176 Å². The van der Waals surface area contributed by atoms with Crippen molar-refractivity contribution < 1.29 is 19.0 Å². The summed E-state index contributed by atoms with van der Waals surface area (Å²) in [6.07, 6.45) is 4.19. The van der Waals surface area contributed by atoms with Crippen molar-refractivity contribution in [3.63, 3.8) is 0 Å². The molecule has 0 saturated heterocycles. The highest BCUT2D eigenvalue weighted by Crippen LogP contribution is 2.40. The average Bonchev–Trinajstić information content (AvgIpc) is 3.17. The van der Waals surface area contributed by atoms with Gasteiger partial charge in [-0.25, -0.2) is 4.79 Å². The predicted octanol–water partition coefficient (Wildman–Crippen LogP) is 4.46. The summed E-state index contributed by atoms with van der Waals surface area (Å²) in [6.45, 7) is 1.88. The fraction of sp³-hybridized carbons (Fsp3) is 0.292. The summed E-state index contributed by atoms with van der Waals surface area (Å²) in [7, 11) is 2.99. The molecule has 1 atom stereocenters. The second-order valence-electron chi connectivity index (χ2n) is 7.22. The number of benzene rings is 2. The maximum absolute atomic E-state index is 11.1. The van der Waals surface area contributed by atoms with Gasteiger partial charge in [0.1, 0.15) is 12.4 Å². The number of carbonyl (C=O) groups excluding carboxylic acids is 1. The minimum atomic E-state index is -0.669. The van der Waals surface area contributed by atoms with E-state index in [0.29, 0.717) is 0 Å². The van der Waals surface area contributed by atoms with Gasteiger partial charge in [-0.1, -0.05) is 36.4 Å². The lowest BCUT2D eigenvalue weighted by Crippen LogP contribution is -2.36. The van der Waals surface area contributed by atoms with E-state index < -0.39 is 6.16 Å². The summed E-state index contributed by atoms with van der Waals surface area (Å²) in [5, 5.41) is 1.26. The topological polar surface area (TPSA) is 63.8 Å². The highest BCUT2D eigenvalue weighted by molar-refractivity contribution is 5.86. The molecule has 0 amide bonds. The fourth-order valence-corrected chi connectivity index (χ4v) is 4.11. The number of rotatable bonds is 6. The van der Waals surface area contributed by atoms with Crippen LogP contribution in [0.4, 0.5) is 4.79 Å². The van der Waals surface area contributed by atoms with Gasteiger partial charge in [0.25, 0.3) is 0 Å². The van der Waals surface area contributed by atoms with E-state index in [4.69, 9.17) is 9.47 Å². The molecule has 4 rings (SSSR count). The number of methoxy groups -OCH3 is 2. The van der Waals surface area contributed by atoms with E-state index >= 15 is 0 Å². The molecule has 2 heterocycles. The molecule has 3 aromatic rings. The van der Waals surface area contributed by atoms with Crippen LogP contribution in [0.1, 0.15) is 22.9 Å². The van der Waals surface area contributed by atoms with Crippen LogP contribution in [0.3, 0.4) is 0 Å². The second-order valence-corrected chi connectivity index (χ2v) is 7.22. The first-order valence-electron chi connectivity index (χ1n) is 10.0. The third-order valence-corrected chi connectivity index (χ3v) is 5.52. The molecule has 30 heavy (non-hydrogen) atoms. The number of fused-ring (bicyclic) bond motifs is 3. The van der Waals surface area contributed by atoms with Gasteiger partial charge in [0, 0.05) is 41.7 Å². The van der Waals surface area contributed by atoms with Crippen molar-refractivity contribution in [1.82, 2.24) is 9.88 Å². The van der Waals surface area contributed by atoms with Gasteiger partial charge >= 0.3 is 6.16 Å². The van der Waals surface area contributed by atoms with Gasteiger partial charge in [0.2, 0.25) is 0 Å². The highest BCUT2D eigenvalue weighted by atomic mass is 16.7. The number of nitrogens with zero attached hydrogens (tertiary/aromatic N) is 1. The number of H-pyrrole nitrogens is 1. The number of hydrogen-bond donors (Lipinski definition) is 1. The predicted molar refractivity (Wildman–Crippen MR) is 116 cm³/mol. The molecule has 0 bridgehead atoms. The van der Waals surface area contributed by atoms with Crippen LogP contribution in [0.2, 0.25) is 0 Å². The molecular formula is C24H26N2O4. The first kappa shape index (κ1) is 20.0.